The molecule has 1 fully saturated rings. The molecule has 0 radical (unpaired) electrons. The van der Waals surface area contributed by atoms with E-state index in [2.05, 4.69) is 86.4 Å². The van der Waals surface area contributed by atoms with Crippen LogP contribution in [0.25, 0.3) is 0 Å². The van der Waals surface area contributed by atoms with Crippen LogP contribution in [0, 0.1) is 17.8 Å². The molecule has 0 amide bonds. The molecule has 1 aliphatic carbocycles. The van der Waals surface area contributed by atoms with Crippen LogP contribution in [0.2, 0.25) is 0 Å². The molecule has 146 valence electrons. The highest BCUT2D eigenvalue weighted by Gasteiger charge is 2.20. The van der Waals surface area contributed by atoms with E-state index in [4.69, 9.17) is 4.74 Å². The van der Waals surface area contributed by atoms with Crippen LogP contribution < -0.4 is 4.74 Å². The predicted octanol–water partition coefficient (Wildman–Crippen LogP) is 6.92. The summed E-state index contributed by atoms with van der Waals surface area (Å²) in [7, 11) is 0. The van der Waals surface area contributed by atoms with Crippen LogP contribution in [0.1, 0.15) is 68.6 Å². The van der Waals surface area contributed by atoms with Crippen molar-refractivity contribution in [2.45, 2.75) is 58.3 Å². The third-order valence-electron chi connectivity index (χ3n) is 5.63. The predicted molar refractivity (Wildman–Crippen MR) is 119 cm³/mol. The van der Waals surface area contributed by atoms with Crippen molar-refractivity contribution in [2.75, 3.05) is 6.61 Å². The van der Waals surface area contributed by atoms with Crippen LogP contribution in [-0.2, 0) is 6.42 Å². The van der Waals surface area contributed by atoms with Gasteiger partial charge in [0.15, 0.2) is 0 Å². The number of ether oxygens (including phenoxy) is 1. The van der Waals surface area contributed by atoms with E-state index in [1.165, 1.54) is 36.8 Å². The minimum Gasteiger partial charge on any atom is -0.494 e. The maximum Gasteiger partial charge on any atom is 0.119 e. The summed E-state index contributed by atoms with van der Waals surface area (Å²) < 4.78 is 5.69. The van der Waals surface area contributed by atoms with E-state index in [9.17, 15) is 0 Å². The number of benzene rings is 2. The molecule has 0 atom stereocenters. The third kappa shape index (κ3) is 6.03. The van der Waals surface area contributed by atoms with Gasteiger partial charge in [-0.05, 0) is 91.8 Å². The highest BCUT2D eigenvalue weighted by molar-refractivity contribution is 5.38. The van der Waals surface area contributed by atoms with Crippen molar-refractivity contribution in [3.8, 4) is 17.6 Å². The van der Waals surface area contributed by atoms with E-state index in [1.54, 1.807) is 0 Å². The first-order chi connectivity index (χ1) is 13.8. The summed E-state index contributed by atoms with van der Waals surface area (Å²) in [4.78, 5) is 0. The van der Waals surface area contributed by atoms with Crippen LogP contribution in [0.15, 0.2) is 60.7 Å². The van der Waals surface area contributed by atoms with Gasteiger partial charge >= 0.3 is 0 Å². The van der Waals surface area contributed by atoms with Crippen LogP contribution >= 0.6 is 0 Å². The molecule has 2 aromatic rings. The van der Waals surface area contributed by atoms with E-state index in [0.717, 1.165) is 30.8 Å². The molecule has 0 saturated heterocycles. The van der Waals surface area contributed by atoms with Crippen molar-refractivity contribution < 1.29 is 4.74 Å². The van der Waals surface area contributed by atoms with Gasteiger partial charge < -0.3 is 4.74 Å². The van der Waals surface area contributed by atoms with Gasteiger partial charge in [-0.3, -0.25) is 0 Å². The molecule has 0 heterocycles. The zero-order valence-electron chi connectivity index (χ0n) is 17.3. The fourth-order valence-electron chi connectivity index (χ4n) is 3.83. The minimum absolute atomic E-state index is 0.667. The van der Waals surface area contributed by atoms with E-state index >= 15 is 0 Å². The summed E-state index contributed by atoms with van der Waals surface area (Å²) >= 11 is 0. The molecule has 28 heavy (non-hydrogen) atoms. The molecule has 0 spiro atoms. The Kier molecular flexibility index (Phi) is 7.80. The normalized spacial score (nSPS) is 19.2. The molecule has 0 aliphatic heterocycles. The number of hydrogen-bond acceptors (Lipinski definition) is 1. The van der Waals surface area contributed by atoms with E-state index < -0.39 is 0 Å². The minimum atomic E-state index is 0.667. The lowest BCUT2D eigenvalue weighted by molar-refractivity contribution is 0.317. The standard InChI is InChI=1S/C27H32O/c1-3-21-28-27-19-17-26(18-20-27)25-15-13-24(14-16-25)8-6-5-7-23-11-9-22(4-2)10-12-23/h6,8-12,17-20,24-25H,3-4,13-16,21H2,1-2H3/b8-6+. The van der Waals surface area contributed by atoms with Gasteiger partial charge in [0.25, 0.3) is 0 Å². The highest BCUT2D eigenvalue weighted by atomic mass is 16.5. The zero-order valence-corrected chi connectivity index (χ0v) is 17.3. The molecule has 0 bridgehead atoms. The fourth-order valence-corrected chi connectivity index (χ4v) is 3.83. The summed E-state index contributed by atoms with van der Waals surface area (Å²) in [5, 5.41) is 0. The van der Waals surface area contributed by atoms with Gasteiger partial charge in [-0.15, -0.1) is 0 Å². The molecule has 1 heteroatoms. The summed E-state index contributed by atoms with van der Waals surface area (Å²) in [6.07, 6.45) is 11.5. The Morgan fingerprint density at radius 2 is 1.64 bits per heavy atom. The Labute approximate surface area is 170 Å². The van der Waals surface area contributed by atoms with E-state index in [0.29, 0.717) is 11.8 Å². The van der Waals surface area contributed by atoms with Crippen molar-refractivity contribution in [1.82, 2.24) is 0 Å². The monoisotopic (exact) mass is 372 g/mol. The van der Waals surface area contributed by atoms with Gasteiger partial charge in [0, 0.05) is 5.56 Å². The maximum atomic E-state index is 5.69. The molecule has 2 aromatic carbocycles. The SMILES string of the molecule is CCCOc1ccc(C2CCC(/C=C/C#Cc3ccc(CC)cc3)CC2)cc1. The Hall–Kier alpha value is -2.46. The lowest BCUT2D eigenvalue weighted by atomic mass is 9.78. The van der Waals surface area contributed by atoms with Crippen LogP contribution in [0.5, 0.6) is 5.75 Å². The van der Waals surface area contributed by atoms with Crippen LogP contribution in [-0.4, -0.2) is 6.61 Å². The summed E-state index contributed by atoms with van der Waals surface area (Å²) in [5.41, 5.74) is 3.92. The van der Waals surface area contributed by atoms with Crippen LogP contribution in [0.4, 0.5) is 0 Å². The molecule has 1 aliphatic rings. The number of aryl methyl sites for hydroxylation is 1. The largest absolute Gasteiger partial charge is 0.494 e. The van der Waals surface area contributed by atoms with Crippen molar-refractivity contribution in [2.24, 2.45) is 5.92 Å². The third-order valence-corrected chi connectivity index (χ3v) is 5.63. The van der Waals surface area contributed by atoms with Crippen molar-refractivity contribution in [1.29, 1.82) is 0 Å². The molecule has 0 aromatic heterocycles. The maximum absolute atomic E-state index is 5.69. The highest BCUT2D eigenvalue weighted by Crippen LogP contribution is 2.36. The molecule has 1 nitrogen and oxygen atoms in total. The van der Waals surface area contributed by atoms with Gasteiger partial charge in [0.2, 0.25) is 0 Å². The smallest absolute Gasteiger partial charge is 0.119 e. The van der Waals surface area contributed by atoms with Crippen LogP contribution in [0.3, 0.4) is 0 Å². The van der Waals surface area contributed by atoms with Gasteiger partial charge in [-0.1, -0.05) is 56.0 Å². The lowest BCUT2D eigenvalue weighted by Gasteiger charge is -2.27. The van der Waals surface area contributed by atoms with Crippen molar-refractivity contribution >= 4 is 0 Å². The van der Waals surface area contributed by atoms with Crippen molar-refractivity contribution in [3.05, 3.63) is 77.4 Å². The second kappa shape index (κ2) is 10.8. The first kappa shape index (κ1) is 20.3. The Morgan fingerprint density at radius 1 is 0.929 bits per heavy atom. The van der Waals surface area contributed by atoms with Gasteiger partial charge in [-0.2, -0.15) is 0 Å². The first-order valence-electron chi connectivity index (χ1n) is 10.8. The number of rotatable bonds is 6. The Morgan fingerprint density at radius 3 is 2.29 bits per heavy atom. The van der Waals surface area contributed by atoms with Crippen molar-refractivity contribution in [3.63, 3.8) is 0 Å². The zero-order chi connectivity index (χ0) is 19.6. The van der Waals surface area contributed by atoms with Gasteiger partial charge in [-0.25, -0.2) is 0 Å². The average molecular weight is 373 g/mol. The number of allylic oxidation sites excluding steroid dienone is 2. The lowest BCUT2D eigenvalue weighted by Crippen LogP contribution is -2.11. The average Bonchev–Trinajstić information content (AvgIpc) is 2.76. The Balaban J connectivity index is 1.46. The first-order valence-corrected chi connectivity index (χ1v) is 10.8. The summed E-state index contributed by atoms with van der Waals surface area (Å²) in [5.74, 6) is 8.79. The Bertz CT molecular complexity index is 794. The molecular weight excluding hydrogens is 340 g/mol. The van der Waals surface area contributed by atoms with E-state index in [1.807, 2.05) is 0 Å². The van der Waals surface area contributed by atoms with Gasteiger partial charge in [0.05, 0.1) is 6.61 Å². The molecular formula is C27H32O. The second-order valence-electron chi connectivity index (χ2n) is 7.71. The second-order valence-corrected chi connectivity index (χ2v) is 7.71. The molecule has 0 unspecified atom stereocenters. The fraction of sp³-hybridized carbons (Fsp3) is 0.407. The van der Waals surface area contributed by atoms with E-state index in [-0.39, 0.29) is 0 Å². The summed E-state index contributed by atoms with van der Waals surface area (Å²) in [6, 6.07) is 17.3. The molecule has 0 N–H and O–H groups in total. The van der Waals surface area contributed by atoms with Gasteiger partial charge in [0.1, 0.15) is 5.75 Å². The summed E-state index contributed by atoms with van der Waals surface area (Å²) in [6.45, 7) is 5.11. The topological polar surface area (TPSA) is 9.23 Å². The number of hydrogen-bond donors (Lipinski definition) is 0. The molecule has 3 rings (SSSR count). The quantitative estimate of drug-likeness (QED) is 0.500. The molecule has 1 saturated carbocycles.